The van der Waals surface area contributed by atoms with E-state index in [1.54, 1.807) is 24.4 Å². The Hall–Kier alpha value is -2.94. The molecule has 0 unspecified atom stereocenters. The standard InChI is InChI=1S/C25H20F7NO/c1-14(17-11-18(24(27,28)29)13-19(12-17)25(30,31)32)34-21-9-6-16-3-2-10-33-23(16)22(21)15-4-7-20(26)8-5-15/h2-5,7-8,10-14,21-22H,6,9H2,1H3/t14-,21-,22+/m1/s1. The lowest BCUT2D eigenvalue weighted by atomic mass is 9.79. The first kappa shape index (κ1) is 24.2. The van der Waals surface area contributed by atoms with Crippen molar-refractivity contribution in [2.75, 3.05) is 0 Å². The second kappa shape index (κ2) is 9.02. The molecule has 0 saturated carbocycles. The Morgan fingerprint density at radius 2 is 1.53 bits per heavy atom. The fraction of sp³-hybridized carbons (Fsp3) is 0.320. The molecule has 0 radical (unpaired) electrons. The highest BCUT2D eigenvalue weighted by atomic mass is 19.4. The molecule has 2 aromatic carbocycles. The number of nitrogens with zero attached hydrogens (tertiary/aromatic N) is 1. The zero-order valence-electron chi connectivity index (χ0n) is 17.9. The minimum absolute atomic E-state index is 0.0955. The number of rotatable bonds is 4. The molecule has 0 spiro atoms. The average molecular weight is 483 g/mol. The molecule has 3 atom stereocenters. The number of fused-ring (bicyclic) bond motifs is 1. The van der Waals surface area contributed by atoms with E-state index in [0.29, 0.717) is 36.2 Å². The molecule has 0 fully saturated rings. The monoisotopic (exact) mass is 483 g/mol. The van der Waals surface area contributed by atoms with Crippen molar-refractivity contribution in [2.24, 2.45) is 0 Å². The van der Waals surface area contributed by atoms with Gasteiger partial charge >= 0.3 is 12.4 Å². The largest absolute Gasteiger partial charge is 0.416 e. The van der Waals surface area contributed by atoms with Crippen molar-refractivity contribution in [3.63, 3.8) is 0 Å². The highest BCUT2D eigenvalue weighted by Gasteiger charge is 2.38. The molecule has 1 heterocycles. The molecule has 0 amide bonds. The molecule has 0 bridgehead atoms. The molecule has 0 saturated heterocycles. The summed E-state index contributed by atoms with van der Waals surface area (Å²) in [5.74, 6) is -0.892. The molecule has 180 valence electrons. The summed E-state index contributed by atoms with van der Waals surface area (Å²) < 4.78 is 99.4. The summed E-state index contributed by atoms with van der Waals surface area (Å²) in [5, 5.41) is 0. The lowest BCUT2D eigenvalue weighted by Crippen LogP contribution is -2.31. The molecule has 1 aromatic heterocycles. The van der Waals surface area contributed by atoms with E-state index < -0.39 is 47.4 Å². The second-order valence-electron chi connectivity index (χ2n) is 8.27. The first-order valence-electron chi connectivity index (χ1n) is 10.6. The maximum Gasteiger partial charge on any atom is 0.416 e. The highest BCUT2D eigenvalue weighted by molar-refractivity contribution is 5.38. The van der Waals surface area contributed by atoms with Gasteiger partial charge in [-0.25, -0.2) is 4.39 Å². The van der Waals surface area contributed by atoms with Gasteiger partial charge in [-0.2, -0.15) is 26.3 Å². The van der Waals surface area contributed by atoms with E-state index in [1.807, 2.05) is 6.07 Å². The van der Waals surface area contributed by atoms with Crippen LogP contribution in [0.5, 0.6) is 0 Å². The van der Waals surface area contributed by atoms with E-state index >= 15 is 0 Å². The molecule has 3 aromatic rings. The molecule has 1 aliphatic carbocycles. The van der Waals surface area contributed by atoms with Gasteiger partial charge in [0, 0.05) is 6.20 Å². The predicted octanol–water partition coefficient (Wildman–Crippen LogP) is 7.48. The van der Waals surface area contributed by atoms with Gasteiger partial charge in [0.05, 0.1) is 34.9 Å². The summed E-state index contributed by atoms with van der Waals surface area (Å²) >= 11 is 0. The van der Waals surface area contributed by atoms with Crippen LogP contribution in [0.2, 0.25) is 0 Å². The van der Waals surface area contributed by atoms with Crippen molar-refractivity contribution in [1.29, 1.82) is 0 Å². The summed E-state index contributed by atoms with van der Waals surface area (Å²) in [4.78, 5) is 4.45. The Labute approximate surface area is 191 Å². The van der Waals surface area contributed by atoms with Crippen LogP contribution in [-0.2, 0) is 23.5 Å². The number of halogens is 7. The Kier molecular flexibility index (Phi) is 6.42. The van der Waals surface area contributed by atoms with Gasteiger partial charge in [0.15, 0.2) is 0 Å². The van der Waals surface area contributed by atoms with Gasteiger partial charge in [-0.1, -0.05) is 18.2 Å². The fourth-order valence-electron chi connectivity index (χ4n) is 4.33. The van der Waals surface area contributed by atoms with Crippen molar-refractivity contribution in [3.8, 4) is 0 Å². The molecule has 0 aliphatic heterocycles. The Bertz CT molecular complexity index is 1120. The molecule has 0 N–H and O–H groups in total. The third-order valence-corrected chi connectivity index (χ3v) is 5.98. The van der Waals surface area contributed by atoms with Crippen molar-refractivity contribution >= 4 is 0 Å². The lowest BCUT2D eigenvalue weighted by molar-refractivity contribution is -0.143. The van der Waals surface area contributed by atoms with Crippen molar-refractivity contribution in [3.05, 3.63) is 100 Å². The summed E-state index contributed by atoms with van der Waals surface area (Å²) in [6, 6.07) is 10.9. The molecule has 9 heteroatoms. The van der Waals surface area contributed by atoms with E-state index in [1.165, 1.54) is 19.1 Å². The highest BCUT2D eigenvalue weighted by Crippen LogP contribution is 2.41. The number of ether oxygens (including phenoxy) is 1. The summed E-state index contributed by atoms with van der Waals surface area (Å²) in [6.45, 7) is 1.42. The van der Waals surface area contributed by atoms with E-state index in [0.717, 1.165) is 5.56 Å². The van der Waals surface area contributed by atoms with E-state index in [9.17, 15) is 30.7 Å². The number of hydrogen-bond donors (Lipinski definition) is 0. The molecule has 34 heavy (non-hydrogen) atoms. The number of benzene rings is 2. The minimum atomic E-state index is -4.94. The van der Waals surface area contributed by atoms with Gasteiger partial charge in [-0.15, -0.1) is 0 Å². The van der Waals surface area contributed by atoms with Crippen LogP contribution in [0.15, 0.2) is 60.8 Å². The normalized spacial score (nSPS) is 19.5. The van der Waals surface area contributed by atoms with Crippen LogP contribution in [0.4, 0.5) is 30.7 Å². The first-order valence-corrected chi connectivity index (χ1v) is 10.6. The fourth-order valence-corrected chi connectivity index (χ4v) is 4.33. The van der Waals surface area contributed by atoms with Crippen molar-refractivity contribution in [2.45, 2.75) is 50.2 Å². The SMILES string of the molecule is C[C@@H](O[C@@H]1CCc2cccnc2[C@H]1c1ccc(F)cc1)c1cc(C(F)(F)F)cc(C(F)(F)F)c1. The molecule has 2 nitrogen and oxygen atoms in total. The van der Waals surface area contributed by atoms with Crippen molar-refractivity contribution < 1.29 is 35.5 Å². The number of hydrogen-bond acceptors (Lipinski definition) is 2. The molecular formula is C25H20F7NO. The zero-order valence-corrected chi connectivity index (χ0v) is 17.9. The van der Waals surface area contributed by atoms with Crippen LogP contribution in [0.25, 0.3) is 0 Å². The quantitative estimate of drug-likeness (QED) is 0.359. The molecule has 4 rings (SSSR count). The third-order valence-electron chi connectivity index (χ3n) is 5.98. The minimum Gasteiger partial charge on any atom is -0.370 e. The van der Waals surface area contributed by atoms with Crippen LogP contribution >= 0.6 is 0 Å². The maximum atomic E-state index is 13.5. The number of aromatic nitrogens is 1. The lowest BCUT2D eigenvalue weighted by Gasteiger charge is -2.35. The number of alkyl halides is 6. The topological polar surface area (TPSA) is 22.1 Å². The maximum absolute atomic E-state index is 13.5. The molecular weight excluding hydrogens is 463 g/mol. The molecule has 1 aliphatic rings. The smallest absolute Gasteiger partial charge is 0.370 e. The first-order chi connectivity index (χ1) is 15.9. The summed E-state index contributed by atoms with van der Waals surface area (Å²) in [5.41, 5.74) is -0.664. The van der Waals surface area contributed by atoms with E-state index in [4.69, 9.17) is 4.74 Å². The van der Waals surface area contributed by atoms with Gasteiger partial charge < -0.3 is 4.74 Å². The van der Waals surface area contributed by atoms with Gasteiger partial charge in [-0.3, -0.25) is 4.98 Å². The second-order valence-corrected chi connectivity index (χ2v) is 8.27. The number of pyridine rings is 1. The van der Waals surface area contributed by atoms with Crippen LogP contribution in [0.1, 0.15) is 58.9 Å². The van der Waals surface area contributed by atoms with Crippen LogP contribution in [-0.4, -0.2) is 11.1 Å². The van der Waals surface area contributed by atoms with Gasteiger partial charge in [0.25, 0.3) is 0 Å². The average Bonchev–Trinajstić information content (AvgIpc) is 2.78. The third kappa shape index (κ3) is 5.09. The van der Waals surface area contributed by atoms with Gasteiger partial charge in [0.1, 0.15) is 5.82 Å². The summed E-state index contributed by atoms with van der Waals surface area (Å²) in [6.07, 6.45) is -8.90. The van der Waals surface area contributed by atoms with Crippen LogP contribution < -0.4 is 0 Å². The van der Waals surface area contributed by atoms with Gasteiger partial charge in [0.2, 0.25) is 0 Å². The number of aryl methyl sites for hydroxylation is 1. The van der Waals surface area contributed by atoms with E-state index in [2.05, 4.69) is 4.98 Å². The van der Waals surface area contributed by atoms with Crippen molar-refractivity contribution in [1.82, 2.24) is 4.98 Å². The zero-order chi connectivity index (χ0) is 24.7. The Balaban J connectivity index is 1.70. The Morgan fingerprint density at radius 3 is 2.12 bits per heavy atom. The van der Waals surface area contributed by atoms with Crippen LogP contribution in [0, 0.1) is 5.82 Å². The van der Waals surface area contributed by atoms with E-state index in [-0.39, 0.29) is 11.6 Å². The van der Waals surface area contributed by atoms with Gasteiger partial charge in [-0.05, 0) is 72.9 Å². The van der Waals surface area contributed by atoms with Crippen LogP contribution in [0.3, 0.4) is 0 Å². The predicted molar refractivity (Wildman–Crippen MR) is 111 cm³/mol. The summed E-state index contributed by atoms with van der Waals surface area (Å²) in [7, 11) is 0. The Morgan fingerprint density at radius 1 is 0.912 bits per heavy atom.